The van der Waals surface area contributed by atoms with E-state index in [4.69, 9.17) is 4.74 Å². The average Bonchev–Trinajstić information content (AvgIpc) is 3.25. The summed E-state index contributed by atoms with van der Waals surface area (Å²) in [6.07, 6.45) is 5.98. The second kappa shape index (κ2) is 7.18. The van der Waals surface area contributed by atoms with Crippen molar-refractivity contribution in [2.75, 3.05) is 13.7 Å². The van der Waals surface area contributed by atoms with Crippen molar-refractivity contribution in [1.82, 2.24) is 14.5 Å². The summed E-state index contributed by atoms with van der Waals surface area (Å²) in [7, 11) is 1.66. The maximum Gasteiger partial charge on any atom is 0.123 e. The zero-order valence-electron chi connectivity index (χ0n) is 15.6. The third-order valence-electron chi connectivity index (χ3n) is 5.34. The number of aliphatic hydroxyl groups is 1. The summed E-state index contributed by atoms with van der Waals surface area (Å²) in [4.78, 5) is 6.90. The number of aromatic nitrogens is 2. The summed E-state index contributed by atoms with van der Waals surface area (Å²) in [5.74, 6) is 1.87. The number of hydrogen-bond donors (Lipinski definition) is 1. The van der Waals surface area contributed by atoms with Crippen LogP contribution < -0.4 is 4.74 Å². The molecule has 2 heterocycles. The number of imidazole rings is 1. The highest BCUT2D eigenvalue weighted by atomic mass is 16.5. The number of rotatable bonds is 6. The minimum absolute atomic E-state index is 0.0817. The molecule has 1 aromatic heterocycles. The fourth-order valence-electron chi connectivity index (χ4n) is 3.89. The zero-order chi connectivity index (χ0) is 18.0. The van der Waals surface area contributed by atoms with Gasteiger partial charge in [-0.1, -0.05) is 12.1 Å². The van der Waals surface area contributed by atoms with E-state index in [0.29, 0.717) is 6.04 Å². The summed E-state index contributed by atoms with van der Waals surface area (Å²) in [6.45, 7) is 8.01. The van der Waals surface area contributed by atoms with Crippen LogP contribution in [-0.2, 0) is 12.1 Å². The van der Waals surface area contributed by atoms with Gasteiger partial charge in [0.15, 0.2) is 0 Å². The van der Waals surface area contributed by atoms with E-state index in [9.17, 15) is 5.11 Å². The Balaban J connectivity index is 1.80. The molecule has 1 aliphatic heterocycles. The first-order valence-corrected chi connectivity index (χ1v) is 9.06. The van der Waals surface area contributed by atoms with Crippen molar-refractivity contribution < 1.29 is 9.84 Å². The van der Waals surface area contributed by atoms with E-state index >= 15 is 0 Å². The molecule has 2 atom stereocenters. The van der Waals surface area contributed by atoms with Gasteiger partial charge < -0.3 is 14.4 Å². The molecule has 3 rings (SSSR count). The molecule has 1 saturated heterocycles. The summed E-state index contributed by atoms with van der Waals surface area (Å²) in [6, 6.07) is 8.22. The lowest BCUT2D eigenvalue weighted by atomic mass is 9.86. The average molecular weight is 343 g/mol. The minimum atomic E-state index is -0.905. The van der Waals surface area contributed by atoms with E-state index in [1.54, 1.807) is 7.11 Å². The standard InChI is InChI=1S/C20H29N3O2/c1-15(2)23-13-11-21-19(23)14-22-12-5-6-18(22)20(3,24)16-7-9-17(25-4)10-8-16/h7-11,13,15,18,24H,5-6,12,14H2,1-4H3. The number of nitrogens with zero attached hydrogens (tertiary/aromatic N) is 3. The molecule has 0 bridgehead atoms. The van der Waals surface area contributed by atoms with E-state index in [1.165, 1.54) is 0 Å². The topological polar surface area (TPSA) is 50.5 Å². The van der Waals surface area contributed by atoms with Gasteiger partial charge in [-0.05, 0) is 57.9 Å². The molecule has 1 N–H and O–H groups in total. The van der Waals surface area contributed by atoms with Crippen molar-refractivity contribution in [3.63, 3.8) is 0 Å². The van der Waals surface area contributed by atoms with Crippen LogP contribution in [0.5, 0.6) is 5.75 Å². The van der Waals surface area contributed by atoms with Gasteiger partial charge in [0.25, 0.3) is 0 Å². The van der Waals surface area contributed by atoms with Gasteiger partial charge in [-0.15, -0.1) is 0 Å². The molecule has 0 spiro atoms. The van der Waals surface area contributed by atoms with Crippen LogP contribution in [0, 0.1) is 0 Å². The minimum Gasteiger partial charge on any atom is -0.497 e. The molecular formula is C20H29N3O2. The van der Waals surface area contributed by atoms with Crippen molar-refractivity contribution in [2.24, 2.45) is 0 Å². The van der Waals surface area contributed by atoms with E-state index in [-0.39, 0.29) is 6.04 Å². The molecule has 0 radical (unpaired) electrons. The van der Waals surface area contributed by atoms with Crippen LogP contribution in [0.3, 0.4) is 0 Å². The molecule has 0 aliphatic carbocycles. The SMILES string of the molecule is COc1ccc(C(C)(O)C2CCCN2Cc2nccn2C(C)C)cc1. The van der Waals surface area contributed by atoms with Crippen LogP contribution >= 0.6 is 0 Å². The number of hydrogen-bond acceptors (Lipinski definition) is 4. The van der Waals surface area contributed by atoms with Gasteiger partial charge in [0.2, 0.25) is 0 Å². The molecule has 1 fully saturated rings. The maximum atomic E-state index is 11.3. The normalized spacial score (nSPS) is 20.8. The van der Waals surface area contributed by atoms with Crippen molar-refractivity contribution in [1.29, 1.82) is 0 Å². The Morgan fingerprint density at radius 3 is 2.68 bits per heavy atom. The lowest BCUT2D eigenvalue weighted by Gasteiger charge is -2.37. The molecule has 1 aliphatic rings. The highest BCUT2D eigenvalue weighted by Crippen LogP contribution is 2.36. The van der Waals surface area contributed by atoms with Crippen molar-refractivity contribution >= 4 is 0 Å². The van der Waals surface area contributed by atoms with E-state index < -0.39 is 5.60 Å². The van der Waals surface area contributed by atoms with Crippen LogP contribution in [0.15, 0.2) is 36.7 Å². The first-order valence-electron chi connectivity index (χ1n) is 9.06. The monoisotopic (exact) mass is 343 g/mol. The second-order valence-electron chi connectivity index (χ2n) is 7.35. The molecule has 5 nitrogen and oxygen atoms in total. The number of methoxy groups -OCH3 is 1. The summed E-state index contributed by atoms with van der Waals surface area (Å²) in [5.41, 5.74) is 0.0234. The van der Waals surface area contributed by atoms with Crippen LogP contribution in [0.4, 0.5) is 0 Å². The van der Waals surface area contributed by atoms with Gasteiger partial charge >= 0.3 is 0 Å². The fourth-order valence-corrected chi connectivity index (χ4v) is 3.89. The smallest absolute Gasteiger partial charge is 0.123 e. The third kappa shape index (κ3) is 3.58. The molecule has 136 valence electrons. The molecule has 2 unspecified atom stereocenters. The maximum absolute atomic E-state index is 11.3. The lowest BCUT2D eigenvalue weighted by molar-refractivity contribution is -0.0264. The number of ether oxygens (including phenoxy) is 1. The number of likely N-dealkylation sites (tertiary alicyclic amines) is 1. The van der Waals surface area contributed by atoms with Gasteiger partial charge in [-0.2, -0.15) is 0 Å². The first-order chi connectivity index (χ1) is 11.9. The van der Waals surface area contributed by atoms with Gasteiger partial charge in [0.05, 0.1) is 13.7 Å². The quantitative estimate of drug-likeness (QED) is 0.874. The van der Waals surface area contributed by atoms with E-state index in [0.717, 1.165) is 43.1 Å². The predicted octanol–water partition coefficient (Wildman–Crippen LogP) is 3.34. The highest BCUT2D eigenvalue weighted by molar-refractivity contribution is 5.31. The summed E-state index contributed by atoms with van der Waals surface area (Å²) >= 11 is 0. The van der Waals surface area contributed by atoms with Crippen LogP contribution in [0.25, 0.3) is 0 Å². The first kappa shape index (κ1) is 18.0. The Labute approximate surface area is 150 Å². The second-order valence-corrected chi connectivity index (χ2v) is 7.35. The Bertz CT molecular complexity index is 691. The highest BCUT2D eigenvalue weighted by Gasteiger charge is 2.40. The van der Waals surface area contributed by atoms with Crippen LogP contribution in [0.1, 0.15) is 51.0 Å². The van der Waals surface area contributed by atoms with E-state index in [1.807, 2.05) is 43.6 Å². The molecule has 5 heteroatoms. The zero-order valence-corrected chi connectivity index (χ0v) is 15.6. The Morgan fingerprint density at radius 1 is 1.32 bits per heavy atom. The predicted molar refractivity (Wildman–Crippen MR) is 98.6 cm³/mol. The summed E-state index contributed by atoms with van der Waals surface area (Å²) < 4.78 is 7.44. The molecule has 0 amide bonds. The lowest BCUT2D eigenvalue weighted by Crippen LogP contribution is -2.45. The summed E-state index contributed by atoms with van der Waals surface area (Å²) in [5, 5.41) is 11.3. The molecule has 2 aromatic rings. The third-order valence-corrected chi connectivity index (χ3v) is 5.34. The molecular weight excluding hydrogens is 314 g/mol. The van der Waals surface area contributed by atoms with Crippen molar-refractivity contribution in [2.45, 2.75) is 57.8 Å². The Morgan fingerprint density at radius 2 is 2.04 bits per heavy atom. The Kier molecular flexibility index (Phi) is 5.16. The van der Waals surface area contributed by atoms with Crippen molar-refractivity contribution in [3.05, 3.63) is 48.0 Å². The van der Waals surface area contributed by atoms with Gasteiger partial charge in [0, 0.05) is 24.5 Å². The van der Waals surface area contributed by atoms with Crippen LogP contribution in [-0.4, -0.2) is 39.3 Å². The van der Waals surface area contributed by atoms with Gasteiger partial charge in [-0.3, -0.25) is 4.90 Å². The molecule has 25 heavy (non-hydrogen) atoms. The largest absolute Gasteiger partial charge is 0.497 e. The molecule has 0 saturated carbocycles. The Hall–Kier alpha value is -1.85. The van der Waals surface area contributed by atoms with E-state index in [2.05, 4.69) is 28.3 Å². The van der Waals surface area contributed by atoms with Gasteiger partial charge in [0.1, 0.15) is 17.2 Å². The van der Waals surface area contributed by atoms with Gasteiger partial charge in [-0.25, -0.2) is 4.98 Å². The fraction of sp³-hybridized carbons (Fsp3) is 0.550. The number of benzene rings is 1. The van der Waals surface area contributed by atoms with Crippen molar-refractivity contribution in [3.8, 4) is 5.75 Å². The molecule has 1 aromatic carbocycles. The van der Waals surface area contributed by atoms with Crippen LogP contribution in [0.2, 0.25) is 0 Å².